The summed E-state index contributed by atoms with van der Waals surface area (Å²) in [7, 11) is 0. The van der Waals surface area contributed by atoms with Crippen molar-refractivity contribution in [2.24, 2.45) is 0 Å². The van der Waals surface area contributed by atoms with Gasteiger partial charge in [-0.25, -0.2) is 4.79 Å². The van der Waals surface area contributed by atoms with Gasteiger partial charge in [0.25, 0.3) is 5.91 Å². The predicted octanol–water partition coefficient (Wildman–Crippen LogP) is 2.15. The Kier molecular flexibility index (Phi) is 3.82. The van der Waals surface area contributed by atoms with E-state index in [0.29, 0.717) is 23.9 Å². The molecule has 1 aliphatic rings. The molecule has 0 aromatic heterocycles. The van der Waals surface area contributed by atoms with Gasteiger partial charge in [0.1, 0.15) is 0 Å². The van der Waals surface area contributed by atoms with Crippen LogP contribution in [0, 0.1) is 0 Å². The molecular formula is C13H16N2O3. The van der Waals surface area contributed by atoms with Gasteiger partial charge in [-0.2, -0.15) is 0 Å². The minimum absolute atomic E-state index is 0.106. The first-order chi connectivity index (χ1) is 8.69. The van der Waals surface area contributed by atoms with E-state index in [2.05, 4.69) is 10.6 Å². The number of anilines is 1. The highest BCUT2D eigenvalue weighted by Gasteiger charge is 2.23. The van der Waals surface area contributed by atoms with Crippen LogP contribution in [0.4, 0.5) is 10.5 Å². The summed E-state index contributed by atoms with van der Waals surface area (Å²) >= 11 is 0. The van der Waals surface area contributed by atoms with Gasteiger partial charge < -0.3 is 10.1 Å². The van der Waals surface area contributed by atoms with Crippen molar-refractivity contribution in [1.29, 1.82) is 0 Å². The Bertz CT molecular complexity index is 455. The lowest BCUT2D eigenvalue weighted by Crippen LogP contribution is -2.25. The highest BCUT2D eigenvalue weighted by atomic mass is 16.5. The monoisotopic (exact) mass is 248 g/mol. The van der Waals surface area contributed by atoms with E-state index in [-0.39, 0.29) is 5.91 Å². The molecule has 0 saturated heterocycles. The summed E-state index contributed by atoms with van der Waals surface area (Å²) in [5.41, 5.74) is 1.09. The fourth-order valence-electron chi connectivity index (χ4n) is 1.52. The van der Waals surface area contributed by atoms with Gasteiger partial charge in [-0.3, -0.25) is 10.1 Å². The molecular weight excluding hydrogens is 232 g/mol. The first-order valence-corrected chi connectivity index (χ1v) is 6.03. The Morgan fingerprint density at radius 3 is 2.83 bits per heavy atom. The highest BCUT2D eigenvalue weighted by Crippen LogP contribution is 2.20. The molecule has 1 saturated carbocycles. The lowest BCUT2D eigenvalue weighted by atomic mass is 10.2. The molecule has 2 amide bonds. The largest absolute Gasteiger partial charge is 0.450 e. The van der Waals surface area contributed by atoms with Crippen molar-refractivity contribution in [2.45, 2.75) is 25.8 Å². The Hall–Kier alpha value is -2.04. The van der Waals surface area contributed by atoms with Crippen LogP contribution in [0.3, 0.4) is 0 Å². The zero-order chi connectivity index (χ0) is 13.0. The quantitative estimate of drug-likeness (QED) is 0.857. The first kappa shape index (κ1) is 12.4. The second-order valence-corrected chi connectivity index (χ2v) is 4.17. The Balaban J connectivity index is 1.99. The number of rotatable bonds is 4. The molecule has 96 valence electrons. The third-order valence-electron chi connectivity index (χ3n) is 2.56. The van der Waals surface area contributed by atoms with Crippen molar-refractivity contribution in [3.05, 3.63) is 29.8 Å². The third kappa shape index (κ3) is 3.48. The van der Waals surface area contributed by atoms with Crippen LogP contribution in [0.2, 0.25) is 0 Å². The third-order valence-corrected chi connectivity index (χ3v) is 2.56. The van der Waals surface area contributed by atoms with E-state index < -0.39 is 6.09 Å². The van der Waals surface area contributed by atoms with Crippen LogP contribution in [-0.2, 0) is 4.74 Å². The summed E-state index contributed by atoms with van der Waals surface area (Å²) < 4.78 is 4.77. The van der Waals surface area contributed by atoms with Crippen molar-refractivity contribution in [1.82, 2.24) is 5.32 Å². The summed E-state index contributed by atoms with van der Waals surface area (Å²) in [6.07, 6.45) is 1.58. The molecule has 0 unspecified atom stereocenters. The summed E-state index contributed by atoms with van der Waals surface area (Å²) in [6, 6.07) is 7.11. The van der Waals surface area contributed by atoms with E-state index in [4.69, 9.17) is 4.74 Å². The van der Waals surface area contributed by atoms with Crippen LogP contribution in [0.25, 0.3) is 0 Å². The Morgan fingerprint density at radius 2 is 2.17 bits per heavy atom. The zero-order valence-corrected chi connectivity index (χ0v) is 10.2. The second kappa shape index (κ2) is 5.53. The average molecular weight is 248 g/mol. The van der Waals surface area contributed by atoms with Crippen LogP contribution in [0.15, 0.2) is 24.3 Å². The predicted molar refractivity (Wildman–Crippen MR) is 67.6 cm³/mol. The maximum absolute atomic E-state index is 11.8. The maximum atomic E-state index is 11.8. The SMILES string of the molecule is CCOC(=O)Nc1cccc(C(=O)NC2CC2)c1. The van der Waals surface area contributed by atoms with Gasteiger partial charge >= 0.3 is 6.09 Å². The molecule has 5 nitrogen and oxygen atoms in total. The average Bonchev–Trinajstić information content (AvgIpc) is 3.13. The molecule has 1 aromatic carbocycles. The highest BCUT2D eigenvalue weighted by molar-refractivity contribution is 5.96. The molecule has 0 heterocycles. The van der Waals surface area contributed by atoms with Crippen LogP contribution in [0.5, 0.6) is 0 Å². The fourth-order valence-corrected chi connectivity index (χ4v) is 1.52. The van der Waals surface area contributed by atoms with Gasteiger partial charge in [0.05, 0.1) is 6.61 Å². The van der Waals surface area contributed by atoms with Gasteiger partial charge in [0, 0.05) is 17.3 Å². The first-order valence-electron chi connectivity index (χ1n) is 6.03. The van der Waals surface area contributed by atoms with Crippen molar-refractivity contribution < 1.29 is 14.3 Å². The number of carbonyl (C=O) groups excluding carboxylic acids is 2. The molecule has 18 heavy (non-hydrogen) atoms. The standard InChI is InChI=1S/C13H16N2O3/c1-2-18-13(17)15-11-5-3-4-9(8-11)12(16)14-10-6-7-10/h3-5,8,10H,2,6-7H2,1H3,(H,14,16)(H,15,17). The van der Waals surface area contributed by atoms with E-state index in [0.717, 1.165) is 12.8 Å². The molecule has 0 radical (unpaired) electrons. The number of carbonyl (C=O) groups is 2. The zero-order valence-electron chi connectivity index (χ0n) is 10.2. The van der Waals surface area contributed by atoms with Crippen LogP contribution in [-0.4, -0.2) is 24.6 Å². The summed E-state index contributed by atoms with van der Waals surface area (Å²) in [4.78, 5) is 23.1. The minimum Gasteiger partial charge on any atom is -0.450 e. The van der Waals surface area contributed by atoms with Gasteiger partial charge in [-0.05, 0) is 38.0 Å². The number of benzene rings is 1. The molecule has 0 atom stereocenters. The Labute approximate surface area is 106 Å². The van der Waals surface area contributed by atoms with E-state index in [9.17, 15) is 9.59 Å². The van der Waals surface area contributed by atoms with Crippen LogP contribution in [0.1, 0.15) is 30.1 Å². The fraction of sp³-hybridized carbons (Fsp3) is 0.385. The molecule has 0 bridgehead atoms. The van der Waals surface area contributed by atoms with Crippen molar-refractivity contribution in [3.8, 4) is 0 Å². The lowest BCUT2D eigenvalue weighted by Gasteiger charge is -2.07. The van der Waals surface area contributed by atoms with Gasteiger partial charge in [-0.15, -0.1) is 0 Å². The number of hydrogen-bond acceptors (Lipinski definition) is 3. The topological polar surface area (TPSA) is 67.4 Å². The summed E-state index contributed by atoms with van der Waals surface area (Å²) in [5, 5.41) is 5.46. The van der Waals surface area contributed by atoms with Gasteiger partial charge in [0.15, 0.2) is 0 Å². The molecule has 1 aliphatic carbocycles. The van der Waals surface area contributed by atoms with Gasteiger partial charge in [-0.1, -0.05) is 6.07 Å². The molecule has 0 spiro atoms. The van der Waals surface area contributed by atoms with E-state index in [1.807, 2.05) is 0 Å². The number of amides is 2. The smallest absolute Gasteiger partial charge is 0.411 e. The van der Waals surface area contributed by atoms with E-state index in [1.54, 1.807) is 31.2 Å². The van der Waals surface area contributed by atoms with E-state index >= 15 is 0 Å². The van der Waals surface area contributed by atoms with Crippen LogP contribution >= 0.6 is 0 Å². The van der Waals surface area contributed by atoms with Crippen LogP contribution < -0.4 is 10.6 Å². The normalized spacial score (nSPS) is 13.8. The number of hydrogen-bond donors (Lipinski definition) is 2. The van der Waals surface area contributed by atoms with Crippen molar-refractivity contribution >= 4 is 17.7 Å². The van der Waals surface area contributed by atoms with Crippen molar-refractivity contribution in [2.75, 3.05) is 11.9 Å². The molecule has 5 heteroatoms. The van der Waals surface area contributed by atoms with E-state index in [1.165, 1.54) is 0 Å². The molecule has 0 aliphatic heterocycles. The minimum atomic E-state index is -0.516. The van der Waals surface area contributed by atoms with Crippen molar-refractivity contribution in [3.63, 3.8) is 0 Å². The summed E-state index contributed by atoms with van der Waals surface area (Å²) in [5.74, 6) is -0.106. The molecule has 1 aromatic rings. The molecule has 1 fully saturated rings. The second-order valence-electron chi connectivity index (χ2n) is 4.17. The summed E-state index contributed by atoms with van der Waals surface area (Å²) in [6.45, 7) is 2.05. The number of nitrogens with one attached hydrogen (secondary N) is 2. The lowest BCUT2D eigenvalue weighted by molar-refractivity contribution is 0.0951. The van der Waals surface area contributed by atoms with Gasteiger partial charge in [0.2, 0.25) is 0 Å². The maximum Gasteiger partial charge on any atom is 0.411 e. The molecule has 2 rings (SSSR count). The Morgan fingerprint density at radius 1 is 1.39 bits per heavy atom. The number of ether oxygens (including phenoxy) is 1. The molecule has 2 N–H and O–H groups in total.